The van der Waals surface area contributed by atoms with Gasteiger partial charge in [-0.25, -0.2) is 0 Å². The number of Topliss-reactive ketones (excluding diaryl/α,β-unsaturated/α-hetero) is 1. The Morgan fingerprint density at radius 1 is 1.15 bits per heavy atom. The summed E-state index contributed by atoms with van der Waals surface area (Å²) in [6, 6.07) is 18.7. The van der Waals surface area contributed by atoms with Crippen LogP contribution in [-0.4, -0.2) is 36.0 Å². The average Bonchev–Trinajstić information content (AvgIpc) is 2.68. The van der Waals surface area contributed by atoms with E-state index in [1.165, 1.54) is 5.56 Å². The summed E-state index contributed by atoms with van der Waals surface area (Å²) in [6.45, 7) is 4.18. The summed E-state index contributed by atoms with van der Waals surface area (Å²) in [6.07, 6.45) is 1.63. The number of carbonyl (C=O) groups excluding carboxylic acids is 1. The molecular formula is C23H24N2O2. The number of hydrogen-bond acceptors (Lipinski definition) is 4. The quantitative estimate of drug-likeness (QED) is 0.780. The van der Waals surface area contributed by atoms with E-state index in [1.54, 1.807) is 6.07 Å². The Bertz CT molecular complexity index is 858. The van der Waals surface area contributed by atoms with Gasteiger partial charge in [0.15, 0.2) is 5.78 Å². The van der Waals surface area contributed by atoms with E-state index >= 15 is 0 Å². The minimum Gasteiger partial charge on any atom is -0.378 e. The molecule has 0 aliphatic carbocycles. The molecule has 2 atom stereocenters. The van der Waals surface area contributed by atoms with Gasteiger partial charge in [-0.3, -0.25) is 9.69 Å². The molecule has 2 fully saturated rings. The molecule has 0 radical (unpaired) electrons. The third-order valence-electron chi connectivity index (χ3n) is 5.89. The number of morpholine rings is 1. The van der Waals surface area contributed by atoms with Crippen molar-refractivity contribution in [3.05, 3.63) is 70.8 Å². The molecule has 4 nitrogen and oxygen atoms in total. The first kappa shape index (κ1) is 17.9. The van der Waals surface area contributed by atoms with Gasteiger partial charge < -0.3 is 4.74 Å². The van der Waals surface area contributed by atoms with Gasteiger partial charge in [0.1, 0.15) is 0 Å². The van der Waals surface area contributed by atoms with Crippen LogP contribution in [0.4, 0.5) is 0 Å². The standard InChI is InChI=1S/C23H24N2O2/c1-16-7-8-18(9-20(16)12-24)23(26)19-10-21-14-27-15-22(11-19)25(21)13-17-5-3-2-4-6-17/h2-9,19,21-22H,10-11,13-15H2,1H3. The van der Waals surface area contributed by atoms with Crippen LogP contribution in [0.3, 0.4) is 0 Å². The number of rotatable bonds is 4. The van der Waals surface area contributed by atoms with Crippen molar-refractivity contribution in [2.24, 2.45) is 5.92 Å². The summed E-state index contributed by atoms with van der Waals surface area (Å²) in [5.74, 6) is 0.174. The highest BCUT2D eigenvalue weighted by atomic mass is 16.5. The third-order valence-corrected chi connectivity index (χ3v) is 5.89. The Kier molecular flexibility index (Phi) is 5.07. The topological polar surface area (TPSA) is 53.3 Å². The molecule has 2 aromatic rings. The minimum atomic E-state index is 0.00479. The molecule has 2 aromatic carbocycles. The van der Waals surface area contributed by atoms with Crippen molar-refractivity contribution in [3.8, 4) is 6.07 Å². The summed E-state index contributed by atoms with van der Waals surface area (Å²) >= 11 is 0. The number of nitrogens with zero attached hydrogens (tertiary/aromatic N) is 2. The molecule has 4 heteroatoms. The van der Waals surface area contributed by atoms with E-state index < -0.39 is 0 Å². The van der Waals surface area contributed by atoms with E-state index in [-0.39, 0.29) is 23.8 Å². The smallest absolute Gasteiger partial charge is 0.166 e. The maximum absolute atomic E-state index is 13.1. The Morgan fingerprint density at radius 2 is 1.85 bits per heavy atom. The van der Waals surface area contributed by atoms with Crippen LogP contribution in [0, 0.1) is 24.2 Å². The van der Waals surface area contributed by atoms with E-state index in [4.69, 9.17) is 4.74 Å². The second-order valence-electron chi connectivity index (χ2n) is 7.68. The Morgan fingerprint density at radius 3 is 2.52 bits per heavy atom. The largest absolute Gasteiger partial charge is 0.378 e. The fourth-order valence-electron chi connectivity index (χ4n) is 4.39. The highest BCUT2D eigenvalue weighted by Crippen LogP contribution is 2.34. The number of fused-ring (bicyclic) bond motifs is 2. The normalized spacial score (nSPS) is 25.0. The predicted molar refractivity (Wildman–Crippen MR) is 103 cm³/mol. The van der Waals surface area contributed by atoms with Crippen molar-refractivity contribution in [1.29, 1.82) is 5.26 Å². The van der Waals surface area contributed by atoms with Crippen LogP contribution in [0.15, 0.2) is 48.5 Å². The molecule has 2 aliphatic heterocycles. The van der Waals surface area contributed by atoms with Crippen molar-refractivity contribution in [2.75, 3.05) is 13.2 Å². The van der Waals surface area contributed by atoms with Gasteiger partial charge in [-0.2, -0.15) is 5.26 Å². The molecule has 2 aliphatic rings. The van der Waals surface area contributed by atoms with Crippen LogP contribution < -0.4 is 0 Å². The molecule has 2 heterocycles. The van der Waals surface area contributed by atoms with E-state index in [1.807, 2.05) is 25.1 Å². The number of ether oxygens (including phenoxy) is 1. The van der Waals surface area contributed by atoms with Crippen LogP contribution >= 0.6 is 0 Å². The molecule has 0 amide bonds. The molecule has 2 saturated heterocycles. The van der Waals surface area contributed by atoms with Gasteiger partial charge in [0.2, 0.25) is 0 Å². The van der Waals surface area contributed by atoms with Crippen molar-refractivity contribution in [1.82, 2.24) is 4.90 Å². The lowest BCUT2D eigenvalue weighted by Gasteiger charge is -2.48. The van der Waals surface area contributed by atoms with Gasteiger partial charge in [-0.1, -0.05) is 42.5 Å². The van der Waals surface area contributed by atoms with Gasteiger partial charge in [0.25, 0.3) is 0 Å². The maximum atomic E-state index is 13.1. The first-order chi connectivity index (χ1) is 13.2. The lowest BCUT2D eigenvalue weighted by Crippen LogP contribution is -2.57. The molecule has 27 heavy (non-hydrogen) atoms. The van der Waals surface area contributed by atoms with E-state index in [2.05, 4.69) is 35.2 Å². The summed E-state index contributed by atoms with van der Waals surface area (Å²) in [5, 5.41) is 9.26. The average molecular weight is 360 g/mol. The molecule has 2 bridgehead atoms. The Labute approximate surface area is 160 Å². The van der Waals surface area contributed by atoms with Crippen molar-refractivity contribution in [3.63, 3.8) is 0 Å². The zero-order valence-electron chi connectivity index (χ0n) is 15.6. The van der Waals surface area contributed by atoms with Crippen LogP contribution in [0.1, 0.15) is 39.9 Å². The second kappa shape index (κ2) is 7.64. The van der Waals surface area contributed by atoms with E-state index in [0.29, 0.717) is 24.3 Å². The van der Waals surface area contributed by atoms with Gasteiger partial charge >= 0.3 is 0 Å². The highest BCUT2D eigenvalue weighted by molar-refractivity contribution is 5.98. The van der Waals surface area contributed by atoms with Crippen molar-refractivity contribution < 1.29 is 9.53 Å². The third kappa shape index (κ3) is 3.66. The number of ketones is 1. The summed E-state index contributed by atoms with van der Waals surface area (Å²) in [5.41, 5.74) is 3.47. The van der Waals surface area contributed by atoms with Gasteiger partial charge in [-0.05, 0) is 37.0 Å². The summed E-state index contributed by atoms with van der Waals surface area (Å²) in [7, 11) is 0. The number of nitriles is 1. The maximum Gasteiger partial charge on any atom is 0.166 e. The number of aryl methyl sites for hydroxylation is 1. The first-order valence-electron chi connectivity index (χ1n) is 9.58. The van der Waals surface area contributed by atoms with Gasteiger partial charge in [-0.15, -0.1) is 0 Å². The highest BCUT2D eigenvalue weighted by Gasteiger charge is 2.41. The molecule has 0 saturated carbocycles. The lowest BCUT2D eigenvalue weighted by atomic mass is 9.80. The summed E-state index contributed by atoms with van der Waals surface area (Å²) < 4.78 is 5.79. The van der Waals surface area contributed by atoms with Crippen molar-refractivity contribution >= 4 is 5.78 Å². The molecule has 0 N–H and O–H groups in total. The lowest BCUT2D eigenvalue weighted by molar-refractivity contribution is -0.0872. The molecule has 4 rings (SSSR count). The SMILES string of the molecule is Cc1ccc(C(=O)C2CC3COCC(C2)N3Cc2ccccc2)cc1C#N. The second-order valence-corrected chi connectivity index (χ2v) is 7.68. The summed E-state index contributed by atoms with van der Waals surface area (Å²) in [4.78, 5) is 15.6. The molecule has 138 valence electrons. The minimum absolute atomic E-state index is 0.00479. The zero-order chi connectivity index (χ0) is 18.8. The molecular weight excluding hydrogens is 336 g/mol. The van der Waals surface area contributed by atoms with Crippen LogP contribution in [0.25, 0.3) is 0 Å². The molecule has 0 aromatic heterocycles. The number of piperidine rings is 1. The fourth-order valence-corrected chi connectivity index (χ4v) is 4.39. The Hall–Kier alpha value is -2.48. The predicted octanol–water partition coefficient (Wildman–Crippen LogP) is 3.73. The van der Waals surface area contributed by atoms with Crippen LogP contribution in [0.5, 0.6) is 0 Å². The molecule has 2 unspecified atom stereocenters. The van der Waals surface area contributed by atoms with Crippen LogP contribution in [-0.2, 0) is 11.3 Å². The monoisotopic (exact) mass is 360 g/mol. The van der Waals surface area contributed by atoms with Crippen molar-refractivity contribution in [2.45, 2.75) is 38.4 Å². The van der Waals surface area contributed by atoms with Crippen LogP contribution in [0.2, 0.25) is 0 Å². The number of benzene rings is 2. The van der Waals surface area contributed by atoms with Gasteiger partial charge in [0.05, 0.1) is 24.8 Å². The fraction of sp³-hybridized carbons (Fsp3) is 0.391. The van der Waals surface area contributed by atoms with Gasteiger partial charge in [0, 0.05) is 30.1 Å². The van der Waals surface area contributed by atoms with E-state index in [9.17, 15) is 10.1 Å². The number of carbonyl (C=O) groups is 1. The first-order valence-corrected chi connectivity index (χ1v) is 9.58. The number of hydrogen-bond donors (Lipinski definition) is 0. The molecule has 0 spiro atoms. The Balaban J connectivity index is 1.51. The zero-order valence-corrected chi connectivity index (χ0v) is 15.6. The van der Waals surface area contributed by atoms with E-state index in [0.717, 1.165) is 24.9 Å².